The van der Waals surface area contributed by atoms with Crippen LogP contribution in [0.5, 0.6) is 0 Å². The zero-order valence-corrected chi connectivity index (χ0v) is 31.4. The van der Waals surface area contributed by atoms with Gasteiger partial charge in [-0.15, -0.1) is 29.1 Å². The molecule has 1 saturated heterocycles. The number of rotatable bonds is 2. The second-order valence-corrected chi connectivity index (χ2v) is 15.3. The van der Waals surface area contributed by atoms with E-state index in [0.29, 0.717) is 5.92 Å². The minimum absolute atomic E-state index is 0.336. The Bertz CT molecular complexity index is 2440. The van der Waals surface area contributed by atoms with Gasteiger partial charge in [0.1, 0.15) is 0 Å². The van der Waals surface area contributed by atoms with Crippen molar-refractivity contribution >= 4 is 59.1 Å². The van der Waals surface area contributed by atoms with Crippen molar-refractivity contribution in [3.63, 3.8) is 0 Å². The summed E-state index contributed by atoms with van der Waals surface area (Å²) in [6.07, 6.45) is 12.2. The van der Waals surface area contributed by atoms with Crippen molar-refractivity contribution in [2.24, 2.45) is 5.92 Å². The Labute approximate surface area is 311 Å². The molecule has 51 heavy (non-hydrogen) atoms. The first-order valence-electron chi connectivity index (χ1n) is 17.8. The third-order valence-electron chi connectivity index (χ3n) is 12.1. The van der Waals surface area contributed by atoms with Crippen molar-refractivity contribution in [1.82, 2.24) is 4.57 Å². The smallest absolute Gasteiger partial charge is 0.399 e. The number of hydrogen-bond acceptors (Lipinski definition) is 4. The molecule has 1 fully saturated rings. The summed E-state index contributed by atoms with van der Waals surface area (Å²) in [7, 11) is -0.464. The first-order chi connectivity index (χ1) is 24.7. The van der Waals surface area contributed by atoms with E-state index in [9.17, 15) is 0 Å². The van der Waals surface area contributed by atoms with Gasteiger partial charge < -0.3 is 13.9 Å². The van der Waals surface area contributed by atoms with Crippen molar-refractivity contribution in [1.29, 1.82) is 0 Å². The molecular weight excluding hydrogens is 661 g/mol. The molecule has 0 amide bonds. The summed E-state index contributed by atoms with van der Waals surface area (Å²) < 4.78 is 15.4. The molecule has 2 unspecified atom stereocenters. The lowest BCUT2D eigenvalue weighted by Gasteiger charge is -2.36. The number of para-hydroxylation sites is 1. The van der Waals surface area contributed by atoms with Gasteiger partial charge in [0, 0.05) is 22.7 Å². The van der Waals surface area contributed by atoms with Gasteiger partial charge in [-0.3, -0.25) is 0 Å². The third-order valence-corrected chi connectivity index (χ3v) is 12.1. The predicted octanol–water partition coefficient (Wildman–Crippen LogP) is 11.3. The van der Waals surface area contributed by atoms with Crippen LogP contribution in [0, 0.1) is 5.92 Å². The normalized spacial score (nSPS) is 22.6. The van der Waals surface area contributed by atoms with Gasteiger partial charge in [-0.1, -0.05) is 97.9 Å². The van der Waals surface area contributed by atoms with Crippen LogP contribution < -0.4 is 0 Å². The van der Waals surface area contributed by atoms with Crippen molar-refractivity contribution in [2.45, 2.75) is 57.7 Å². The third kappa shape index (κ3) is 4.44. The Morgan fingerprint density at radius 3 is 2.18 bits per heavy atom. The molecule has 4 aromatic carbocycles. The van der Waals surface area contributed by atoms with Crippen molar-refractivity contribution in [2.75, 3.05) is 0 Å². The standard InChI is InChI=1S/C45H38BNO2.H2S2/c1-28-14-12-19-35-32-17-7-10-21-38(32)45(42(28)35)37-20-9-6-16-31(37)33-25-24-30(27-39(33)45)47-40-22-11-8-18-34(40)36-26-29(15-13-23-41(36)47)46-48-43(2,3)44(4,5)49-46;1-2/h6-12,15-28H,14H2,1-5H3;1-2H. The number of hydrogen-bond donors (Lipinski definition) is 2. The van der Waals surface area contributed by atoms with Crippen LogP contribution in [0.1, 0.15) is 74.6 Å². The van der Waals surface area contributed by atoms with Crippen LogP contribution in [0.4, 0.5) is 0 Å². The molecular formula is C45H40BNO2S2. The highest BCUT2D eigenvalue weighted by atomic mass is 33.1. The lowest BCUT2D eigenvalue weighted by Crippen LogP contribution is -2.41. The highest BCUT2D eigenvalue weighted by Gasteiger charge is 2.54. The van der Waals surface area contributed by atoms with Crippen LogP contribution in [0.3, 0.4) is 0 Å². The number of benzene rings is 4. The van der Waals surface area contributed by atoms with E-state index in [1.807, 2.05) is 6.08 Å². The van der Waals surface area contributed by atoms with Crippen molar-refractivity contribution < 1.29 is 9.31 Å². The van der Waals surface area contributed by atoms with E-state index in [2.05, 4.69) is 184 Å². The molecule has 5 aromatic rings. The lowest BCUT2D eigenvalue weighted by molar-refractivity contribution is 0.00578. The second-order valence-electron chi connectivity index (χ2n) is 15.3. The molecule has 4 aliphatic carbocycles. The van der Waals surface area contributed by atoms with Crippen LogP contribution in [0.2, 0.25) is 0 Å². The molecule has 10 rings (SSSR count). The number of allylic oxidation sites excluding steroid dienone is 6. The minimum atomic E-state index is -0.464. The fourth-order valence-electron chi connectivity index (χ4n) is 9.24. The zero-order chi connectivity index (χ0) is 35.3. The molecule has 252 valence electrons. The van der Waals surface area contributed by atoms with E-state index in [1.54, 1.807) is 0 Å². The second kappa shape index (κ2) is 11.7. The zero-order valence-electron chi connectivity index (χ0n) is 29.6. The van der Waals surface area contributed by atoms with Gasteiger partial charge in [-0.25, -0.2) is 0 Å². The Kier molecular flexibility index (Phi) is 7.50. The maximum atomic E-state index is 6.50. The van der Waals surface area contributed by atoms with Gasteiger partial charge in [-0.2, -0.15) is 0 Å². The molecule has 1 aromatic heterocycles. The molecule has 2 atom stereocenters. The van der Waals surface area contributed by atoms with E-state index < -0.39 is 18.3 Å². The molecule has 1 aliphatic heterocycles. The van der Waals surface area contributed by atoms with Gasteiger partial charge in [0.05, 0.1) is 27.8 Å². The van der Waals surface area contributed by atoms with E-state index in [-0.39, 0.29) is 5.41 Å². The summed E-state index contributed by atoms with van der Waals surface area (Å²) in [6, 6.07) is 34.1. The molecule has 3 nitrogen and oxygen atoms in total. The average molecular weight is 702 g/mol. The Balaban J connectivity index is 0.00000171. The Hall–Kier alpha value is -4.16. The van der Waals surface area contributed by atoms with E-state index >= 15 is 0 Å². The van der Waals surface area contributed by atoms with Gasteiger partial charge >= 0.3 is 7.12 Å². The molecule has 6 heteroatoms. The summed E-state index contributed by atoms with van der Waals surface area (Å²) in [4.78, 5) is 0. The summed E-state index contributed by atoms with van der Waals surface area (Å²) in [5.74, 6) is 0.422. The first kappa shape index (κ1) is 32.7. The summed E-state index contributed by atoms with van der Waals surface area (Å²) in [6.45, 7) is 10.8. The maximum Gasteiger partial charge on any atom is 0.495 e. The van der Waals surface area contributed by atoms with E-state index in [1.165, 1.54) is 55.4 Å². The van der Waals surface area contributed by atoms with Crippen LogP contribution in [-0.2, 0) is 14.7 Å². The monoisotopic (exact) mass is 701 g/mol. The molecule has 0 radical (unpaired) electrons. The Morgan fingerprint density at radius 1 is 0.765 bits per heavy atom. The van der Waals surface area contributed by atoms with Gasteiger partial charge in [0.15, 0.2) is 0 Å². The highest BCUT2D eigenvalue weighted by molar-refractivity contribution is 8.59. The van der Waals surface area contributed by atoms with Gasteiger partial charge in [0.25, 0.3) is 0 Å². The number of fused-ring (bicyclic) bond motifs is 12. The Morgan fingerprint density at radius 2 is 1.41 bits per heavy atom. The molecule has 1 spiro atoms. The van der Waals surface area contributed by atoms with Crippen molar-refractivity contribution in [3.8, 4) is 16.8 Å². The predicted molar refractivity (Wildman–Crippen MR) is 219 cm³/mol. The number of nitrogens with zero attached hydrogens (tertiary/aromatic N) is 1. The number of thiol groups is 2. The fraction of sp³-hybridized carbons (Fsp3) is 0.222. The number of aromatic nitrogens is 1. The minimum Gasteiger partial charge on any atom is -0.399 e. The summed E-state index contributed by atoms with van der Waals surface area (Å²) >= 11 is 6.44. The molecule has 5 aliphatic rings. The molecule has 0 saturated carbocycles. The highest BCUT2D eigenvalue weighted by Crippen LogP contribution is 2.64. The largest absolute Gasteiger partial charge is 0.495 e. The molecule has 0 bridgehead atoms. The van der Waals surface area contributed by atoms with Crippen LogP contribution in [0.25, 0.3) is 45.4 Å². The van der Waals surface area contributed by atoms with Crippen LogP contribution >= 0.6 is 23.3 Å². The summed E-state index contributed by atoms with van der Waals surface area (Å²) in [5, 5.41) is 1.20. The lowest BCUT2D eigenvalue weighted by atomic mass is 9.65. The quantitative estimate of drug-likeness (QED) is 0.0828. The van der Waals surface area contributed by atoms with Gasteiger partial charge in [-0.05, 0) is 114 Å². The fourth-order valence-corrected chi connectivity index (χ4v) is 9.24. The maximum absolute atomic E-state index is 6.50. The van der Waals surface area contributed by atoms with E-state index in [4.69, 9.17) is 9.31 Å². The molecule has 0 N–H and O–H groups in total. The van der Waals surface area contributed by atoms with E-state index in [0.717, 1.165) is 28.8 Å². The van der Waals surface area contributed by atoms with Crippen LogP contribution in [-0.4, -0.2) is 22.9 Å². The average Bonchev–Trinajstić information content (AvgIpc) is 3.73. The first-order valence-corrected chi connectivity index (χ1v) is 19.4. The molecule has 2 heterocycles. The van der Waals surface area contributed by atoms with Crippen LogP contribution in [0.15, 0.2) is 126 Å². The summed E-state index contributed by atoms with van der Waals surface area (Å²) in [5.41, 5.74) is 19.0. The topological polar surface area (TPSA) is 23.4 Å². The van der Waals surface area contributed by atoms with Crippen molar-refractivity contribution in [3.05, 3.63) is 160 Å². The SMILES string of the molecule is CC1CC=CC2=C1C1(c3ccccc32)c2ccccc2-c2ccc(-n3c4c(c5ccccc53)C=C(B3OC(C)(C)C(C)(C)O3)C=C=C4)cc21.SS. The van der Waals surface area contributed by atoms with Gasteiger partial charge in [0.2, 0.25) is 0 Å².